The molecule has 1 unspecified atom stereocenters. The Balaban J connectivity index is 2.01. The van der Waals surface area contributed by atoms with E-state index in [1.165, 1.54) is 5.56 Å². The summed E-state index contributed by atoms with van der Waals surface area (Å²) >= 11 is 6.30. The lowest BCUT2D eigenvalue weighted by Gasteiger charge is -2.37. The van der Waals surface area contributed by atoms with Crippen LogP contribution in [-0.4, -0.2) is 42.5 Å². The van der Waals surface area contributed by atoms with Crippen LogP contribution in [0.5, 0.6) is 0 Å². The van der Waals surface area contributed by atoms with Gasteiger partial charge in [0, 0.05) is 43.8 Å². The molecule has 1 atom stereocenters. The average Bonchev–Trinajstić information content (AvgIpc) is 2.36. The van der Waals surface area contributed by atoms with E-state index in [1.54, 1.807) is 0 Å². The van der Waals surface area contributed by atoms with Gasteiger partial charge < -0.3 is 10.6 Å². The Bertz CT molecular complexity index is 408. The number of halogens is 1. The van der Waals surface area contributed by atoms with Gasteiger partial charge in [-0.15, -0.1) is 0 Å². The maximum atomic E-state index is 6.30. The first kappa shape index (κ1) is 13.8. The third-order valence-electron chi connectivity index (χ3n) is 3.79. The molecular weight excluding hydrogens is 246 g/mol. The van der Waals surface area contributed by atoms with Crippen molar-refractivity contribution in [3.63, 3.8) is 0 Å². The van der Waals surface area contributed by atoms with Crippen molar-refractivity contribution < 1.29 is 0 Å². The summed E-state index contributed by atoms with van der Waals surface area (Å²) in [6.45, 7) is 7.08. The molecule has 0 amide bonds. The highest BCUT2D eigenvalue weighted by Gasteiger charge is 2.20. The lowest BCUT2D eigenvalue weighted by molar-refractivity contribution is 0.1000. The number of hydrogen-bond donors (Lipinski definition) is 1. The molecular formula is C14H22ClN3. The Hall–Kier alpha value is -0.610. The first-order chi connectivity index (χ1) is 8.60. The second-order valence-electron chi connectivity index (χ2n) is 5.19. The molecule has 4 heteroatoms. The molecule has 2 rings (SSSR count). The van der Waals surface area contributed by atoms with Crippen molar-refractivity contribution in [2.75, 3.05) is 26.7 Å². The lowest BCUT2D eigenvalue weighted by atomic mass is 10.1. The monoisotopic (exact) mass is 267 g/mol. The SMILES string of the molecule is CC1CN(Cc2ccc(CN)cc2Cl)CCN1C. The zero-order valence-electron chi connectivity index (χ0n) is 11.2. The van der Waals surface area contributed by atoms with Crippen LogP contribution >= 0.6 is 11.6 Å². The number of benzene rings is 1. The van der Waals surface area contributed by atoms with Gasteiger partial charge in [0.25, 0.3) is 0 Å². The average molecular weight is 268 g/mol. The van der Waals surface area contributed by atoms with Crippen LogP contribution in [0.25, 0.3) is 0 Å². The first-order valence-electron chi connectivity index (χ1n) is 6.50. The van der Waals surface area contributed by atoms with Crippen LogP contribution in [-0.2, 0) is 13.1 Å². The van der Waals surface area contributed by atoms with Gasteiger partial charge in [0.1, 0.15) is 0 Å². The molecule has 1 aromatic carbocycles. The summed E-state index contributed by atoms with van der Waals surface area (Å²) in [5, 5.41) is 0.838. The summed E-state index contributed by atoms with van der Waals surface area (Å²) in [5.41, 5.74) is 7.90. The highest BCUT2D eigenvalue weighted by atomic mass is 35.5. The zero-order valence-corrected chi connectivity index (χ0v) is 12.0. The number of likely N-dealkylation sites (N-methyl/N-ethyl adjacent to an activating group) is 1. The molecule has 0 spiro atoms. The van der Waals surface area contributed by atoms with Crippen LogP contribution in [0, 0.1) is 0 Å². The Morgan fingerprint density at radius 3 is 2.78 bits per heavy atom. The van der Waals surface area contributed by atoms with Gasteiger partial charge in [-0.05, 0) is 31.2 Å². The molecule has 0 radical (unpaired) electrons. The van der Waals surface area contributed by atoms with E-state index in [4.69, 9.17) is 17.3 Å². The van der Waals surface area contributed by atoms with Crippen LogP contribution in [0.4, 0.5) is 0 Å². The molecule has 1 aliphatic rings. The Morgan fingerprint density at radius 2 is 2.17 bits per heavy atom. The molecule has 1 aliphatic heterocycles. The fourth-order valence-electron chi connectivity index (χ4n) is 2.35. The topological polar surface area (TPSA) is 32.5 Å². The highest BCUT2D eigenvalue weighted by Crippen LogP contribution is 2.20. The maximum Gasteiger partial charge on any atom is 0.0454 e. The van der Waals surface area contributed by atoms with Gasteiger partial charge in [-0.1, -0.05) is 23.7 Å². The molecule has 1 fully saturated rings. The van der Waals surface area contributed by atoms with E-state index in [0.717, 1.165) is 36.8 Å². The summed E-state index contributed by atoms with van der Waals surface area (Å²) in [6.07, 6.45) is 0. The van der Waals surface area contributed by atoms with Crippen molar-refractivity contribution in [3.8, 4) is 0 Å². The van der Waals surface area contributed by atoms with Gasteiger partial charge in [0.2, 0.25) is 0 Å². The summed E-state index contributed by atoms with van der Waals surface area (Å²) in [5.74, 6) is 0. The normalized spacial score (nSPS) is 22.3. The van der Waals surface area contributed by atoms with Crippen molar-refractivity contribution in [1.82, 2.24) is 9.80 Å². The molecule has 3 nitrogen and oxygen atoms in total. The third kappa shape index (κ3) is 3.23. The van der Waals surface area contributed by atoms with Gasteiger partial charge in [-0.25, -0.2) is 0 Å². The van der Waals surface area contributed by atoms with E-state index in [0.29, 0.717) is 12.6 Å². The predicted octanol–water partition coefficient (Wildman–Crippen LogP) is 1.93. The van der Waals surface area contributed by atoms with Crippen molar-refractivity contribution >= 4 is 11.6 Å². The molecule has 0 aliphatic carbocycles. The number of nitrogens with two attached hydrogens (primary N) is 1. The minimum Gasteiger partial charge on any atom is -0.326 e. The molecule has 1 heterocycles. The van der Waals surface area contributed by atoms with Crippen LogP contribution < -0.4 is 5.73 Å². The van der Waals surface area contributed by atoms with Crippen LogP contribution in [0.3, 0.4) is 0 Å². The largest absolute Gasteiger partial charge is 0.326 e. The third-order valence-corrected chi connectivity index (χ3v) is 4.14. The van der Waals surface area contributed by atoms with E-state index in [9.17, 15) is 0 Å². The second kappa shape index (κ2) is 6.02. The van der Waals surface area contributed by atoms with Crippen LogP contribution in [0.2, 0.25) is 5.02 Å². The molecule has 0 saturated carbocycles. The highest BCUT2D eigenvalue weighted by molar-refractivity contribution is 6.31. The molecule has 0 aromatic heterocycles. The molecule has 2 N–H and O–H groups in total. The maximum absolute atomic E-state index is 6.30. The molecule has 1 saturated heterocycles. The Morgan fingerprint density at radius 1 is 1.39 bits per heavy atom. The van der Waals surface area contributed by atoms with E-state index < -0.39 is 0 Å². The first-order valence-corrected chi connectivity index (χ1v) is 6.88. The fourth-order valence-corrected chi connectivity index (χ4v) is 2.62. The second-order valence-corrected chi connectivity index (χ2v) is 5.60. The van der Waals surface area contributed by atoms with E-state index in [2.05, 4.69) is 35.9 Å². The van der Waals surface area contributed by atoms with Gasteiger partial charge in [-0.2, -0.15) is 0 Å². The Labute approximate surface area is 115 Å². The summed E-state index contributed by atoms with van der Waals surface area (Å²) in [4.78, 5) is 4.86. The standard InChI is InChI=1S/C14H22ClN3/c1-11-9-18(6-5-17(11)2)10-13-4-3-12(8-16)7-14(13)15/h3-4,7,11H,5-6,8-10,16H2,1-2H3. The van der Waals surface area contributed by atoms with E-state index >= 15 is 0 Å². The van der Waals surface area contributed by atoms with Crippen molar-refractivity contribution in [2.45, 2.75) is 26.1 Å². The number of rotatable bonds is 3. The summed E-state index contributed by atoms with van der Waals surface area (Å²) < 4.78 is 0. The van der Waals surface area contributed by atoms with Gasteiger partial charge in [0.15, 0.2) is 0 Å². The lowest BCUT2D eigenvalue weighted by Crippen LogP contribution is -2.49. The van der Waals surface area contributed by atoms with E-state index in [-0.39, 0.29) is 0 Å². The van der Waals surface area contributed by atoms with E-state index in [1.807, 2.05) is 6.07 Å². The minimum atomic E-state index is 0.547. The predicted molar refractivity (Wildman–Crippen MR) is 76.7 cm³/mol. The smallest absolute Gasteiger partial charge is 0.0454 e. The fraction of sp³-hybridized carbons (Fsp3) is 0.571. The molecule has 18 heavy (non-hydrogen) atoms. The summed E-state index contributed by atoms with van der Waals surface area (Å²) in [7, 11) is 2.19. The van der Waals surface area contributed by atoms with Gasteiger partial charge >= 0.3 is 0 Å². The van der Waals surface area contributed by atoms with Gasteiger partial charge in [0.05, 0.1) is 0 Å². The quantitative estimate of drug-likeness (QED) is 0.909. The zero-order chi connectivity index (χ0) is 13.1. The minimum absolute atomic E-state index is 0.547. The molecule has 0 bridgehead atoms. The van der Waals surface area contributed by atoms with Crippen molar-refractivity contribution in [2.24, 2.45) is 5.73 Å². The molecule has 1 aromatic rings. The van der Waals surface area contributed by atoms with Crippen LogP contribution in [0.15, 0.2) is 18.2 Å². The van der Waals surface area contributed by atoms with Crippen LogP contribution in [0.1, 0.15) is 18.1 Å². The van der Waals surface area contributed by atoms with Crippen molar-refractivity contribution in [3.05, 3.63) is 34.3 Å². The number of nitrogens with zero attached hydrogens (tertiary/aromatic N) is 2. The van der Waals surface area contributed by atoms with Gasteiger partial charge in [-0.3, -0.25) is 4.90 Å². The molecule has 100 valence electrons. The number of hydrogen-bond acceptors (Lipinski definition) is 3. The Kier molecular flexibility index (Phi) is 4.62. The summed E-state index contributed by atoms with van der Waals surface area (Å²) in [6, 6.07) is 6.77. The number of piperazine rings is 1. The van der Waals surface area contributed by atoms with Crippen molar-refractivity contribution in [1.29, 1.82) is 0 Å².